The maximum atomic E-state index is 8.91. The van der Waals surface area contributed by atoms with E-state index in [1.165, 1.54) is 193 Å². The topological polar surface area (TPSA) is 89.5 Å². The Bertz CT molecular complexity index is 634. The highest BCUT2D eigenvalue weighted by Crippen LogP contribution is 2.14. The Labute approximate surface area is 290 Å². The van der Waals surface area contributed by atoms with E-state index < -0.39 is 10.4 Å². The Morgan fingerprint density at radius 2 is 0.543 bits per heavy atom. The van der Waals surface area contributed by atoms with E-state index in [4.69, 9.17) is 18.2 Å². The minimum Gasteiger partial charge on any atom is -0.726 e. The molecule has 7 nitrogen and oxygen atoms in total. The molecule has 0 spiro atoms. The molecule has 0 aliphatic rings. The molecule has 0 aromatic rings. The van der Waals surface area contributed by atoms with Gasteiger partial charge in [0.05, 0.1) is 55.4 Å². The van der Waals surface area contributed by atoms with Crippen molar-refractivity contribution in [2.75, 3.05) is 55.4 Å². The van der Waals surface area contributed by atoms with Gasteiger partial charge in [0.25, 0.3) is 0 Å². The number of unbranched alkanes of at least 4 members (excludes halogenated alkanes) is 26. The first kappa shape index (κ1) is 50.1. The summed E-state index contributed by atoms with van der Waals surface area (Å²) in [6.07, 6.45) is 40.7. The summed E-state index contributed by atoms with van der Waals surface area (Å²) in [6.45, 7) is 7.25. The Kier molecular flexibility index (Phi) is 39.3. The molecule has 46 heavy (non-hydrogen) atoms. The summed E-state index contributed by atoms with van der Waals surface area (Å²) < 4.78 is 31.1. The van der Waals surface area contributed by atoms with Gasteiger partial charge in [0, 0.05) is 0 Å². The zero-order valence-corrected chi connectivity index (χ0v) is 33.4. The lowest BCUT2D eigenvalue weighted by atomic mass is 10.0. The first-order chi connectivity index (χ1) is 21.7. The standard InChI is InChI=1S/2C19H42N.H2O5S/c2*1-5-6-7-8-9-10-11-12-13-14-15-16-17-18-19-20(2,3)4;1-5-6(2,3)4/h2*5-19H2,1-4H3;1H,(H,2,3,4)/q2*+1;/p-2. The molecule has 0 atom stereocenters. The predicted octanol–water partition coefficient (Wildman–Crippen LogP) is 10.1. The van der Waals surface area contributed by atoms with Crippen LogP contribution in [-0.2, 0) is 14.7 Å². The largest absolute Gasteiger partial charge is 0.726 e. The third-order valence-corrected chi connectivity index (χ3v) is 8.61. The van der Waals surface area contributed by atoms with Gasteiger partial charge in [0.15, 0.2) is 0 Å². The van der Waals surface area contributed by atoms with Crippen LogP contribution < -0.4 is 5.26 Å². The van der Waals surface area contributed by atoms with E-state index in [2.05, 4.69) is 60.5 Å². The molecule has 0 aliphatic heterocycles. The van der Waals surface area contributed by atoms with Crippen molar-refractivity contribution in [1.82, 2.24) is 0 Å². The van der Waals surface area contributed by atoms with E-state index in [1.807, 2.05) is 0 Å². The fourth-order valence-electron chi connectivity index (χ4n) is 5.56. The van der Waals surface area contributed by atoms with E-state index in [9.17, 15) is 0 Å². The van der Waals surface area contributed by atoms with Gasteiger partial charge in [-0.25, -0.2) is 8.42 Å². The van der Waals surface area contributed by atoms with Crippen LogP contribution in [0.15, 0.2) is 0 Å². The summed E-state index contributed by atoms with van der Waals surface area (Å²) in [7, 11) is 8.80. The molecule has 0 fully saturated rings. The normalized spacial score (nSPS) is 12.0. The van der Waals surface area contributed by atoms with Crippen molar-refractivity contribution >= 4 is 10.4 Å². The van der Waals surface area contributed by atoms with Crippen LogP contribution in [0.2, 0.25) is 0 Å². The zero-order chi connectivity index (χ0) is 35.4. The quantitative estimate of drug-likeness (QED) is 0.0182. The summed E-state index contributed by atoms with van der Waals surface area (Å²) in [5, 5.41) is 8.55. The molecule has 0 bridgehead atoms. The Morgan fingerprint density at radius 3 is 0.674 bits per heavy atom. The SMILES string of the molecule is CCCCCCCCCCCCCCCC[N+](C)(C)C.CCCCCCCCCCCCCCCC[N+](C)(C)C.O=S(=O)([O-])O[O-]. The van der Waals surface area contributed by atoms with Crippen LogP contribution in [0.4, 0.5) is 0 Å². The molecule has 0 saturated heterocycles. The molecule has 0 aromatic heterocycles. The molecule has 0 heterocycles. The maximum Gasteiger partial charge on any atom is 0.208 e. The average molecular weight is 681 g/mol. The summed E-state index contributed by atoms with van der Waals surface area (Å²) in [5.41, 5.74) is 0. The molecular weight excluding hydrogens is 596 g/mol. The highest BCUT2D eigenvalue weighted by molar-refractivity contribution is 7.80. The van der Waals surface area contributed by atoms with Crippen LogP contribution >= 0.6 is 0 Å². The Hall–Kier alpha value is -0.250. The molecule has 0 aromatic carbocycles. The molecular formula is C38H84N2O5S. The molecule has 0 unspecified atom stereocenters. The van der Waals surface area contributed by atoms with Gasteiger partial charge in [-0.05, 0) is 25.7 Å². The van der Waals surface area contributed by atoms with Crippen LogP contribution in [0, 0.1) is 0 Å². The van der Waals surface area contributed by atoms with Gasteiger partial charge in [-0.15, -0.1) is 0 Å². The van der Waals surface area contributed by atoms with Crippen LogP contribution in [-0.4, -0.2) is 77.3 Å². The van der Waals surface area contributed by atoms with E-state index >= 15 is 0 Å². The van der Waals surface area contributed by atoms with Crippen molar-refractivity contribution in [2.45, 2.75) is 194 Å². The fraction of sp³-hybridized carbons (Fsp3) is 1.00. The molecule has 0 N–H and O–H groups in total. The van der Waals surface area contributed by atoms with Crippen molar-refractivity contribution in [3.63, 3.8) is 0 Å². The van der Waals surface area contributed by atoms with Crippen molar-refractivity contribution < 1.29 is 31.5 Å². The number of nitrogens with zero attached hydrogens (tertiary/aromatic N) is 2. The van der Waals surface area contributed by atoms with Crippen LogP contribution in [0.25, 0.3) is 0 Å². The lowest BCUT2D eigenvalue weighted by molar-refractivity contribution is -0.870. The van der Waals surface area contributed by atoms with Crippen LogP contribution in [0.3, 0.4) is 0 Å². The summed E-state index contributed by atoms with van der Waals surface area (Å²) >= 11 is 0. The molecule has 0 rings (SSSR count). The van der Waals surface area contributed by atoms with Crippen molar-refractivity contribution in [1.29, 1.82) is 0 Å². The summed E-state index contributed by atoms with van der Waals surface area (Å²) in [4.78, 5) is 0. The van der Waals surface area contributed by atoms with E-state index in [1.54, 1.807) is 0 Å². The second-order valence-electron chi connectivity index (χ2n) is 15.7. The minimum atomic E-state index is -4.97. The monoisotopic (exact) mass is 681 g/mol. The lowest BCUT2D eigenvalue weighted by Crippen LogP contribution is -2.35. The first-order valence-electron chi connectivity index (χ1n) is 19.6. The minimum absolute atomic E-state index is 1.12. The Balaban J connectivity index is -0.000000682. The van der Waals surface area contributed by atoms with Gasteiger partial charge in [0.1, 0.15) is 0 Å². The van der Waals surface area contributed by atoms with Crippen molar-refractivity contribution in [2.24, 2.45) is 0 Å². The predicted molar refractivity (Wildman–Crippen MR) is 197 cm³/mol. The highest BCUT2D eigenvalue weighted by atomic mass is 32.3. The summed E-state index contributed by atoms with van der Waals surface area (Å²) in [6, 6.07) is 0. The maximum absolute atomic E-state index is 8.91. The first-order valence-corrected chi connectivity index (χ1v) is 20.9. The number of hydrogen-bond acceptors (Lipinski definition) is 5. The van der Waals surface area contributed by atoms with E-state index in [0.717, 1.165) is 8.97 Å². The lowest BCUT2D eigenvalue weighted by Gasteiger charge is -2.23. The molecule has 8 heteroatoms. The van der Waals surface area contributed by atoms with Crippen LogP contribution in [0.5, 0.6) is 0 Å². The fourth-order valence-corrected chi connectivity index (χ4v) is 5.56. The third kappa shape index (κ3) is 59.2. The second kappa shape index (κ2) is 36.0. The van der Waals surface area contributed by atoms with Gasteiger partial charge in [-0.2, -0.15) is 0 Å². The van der Waals surface area contributed by atoms with Gasteiger partial charge in [-0.3, -0.25) is 0 Å². The van der Waals surface area contributed by atoms with E-state index in [-0.39, 0.29) is 0 Å². The molecule has 0 aliphatic carbocycles. The van der Waals surface area contributed by atoms with E-state index in [0.29, 0.717) is 0 Å². The van der Waals surface area contributed by atoms with Gasteiger partial charge in [-0.1, -0.05) is 168 Å². The third-order valence-electron chi connectivity index (χ3n) is 8.45. The van der Waals surface area contributed by atoms with Crippen molar-refractivity contribution in [3.8, 4) is 0 Å². The summed E-state index contributed by atoms with van der Waals surface area (Å²) in [5.74, 6) is 0. The number of quaternary nitrogens is 2. The Morgan fingerprint density at radius 1 is 0.391 bits per heavy atom. The second-order valence-corrected chi connectivity index (χ2v) is 16.6. The highest BCUT2D eigenvalue weighted by Gasteiger charge is 2.06. The molecule has 0 radical (unpaired) electrons. The van der Waals surface area contributed by atoms with Gasteiger partial charge in [0.2, 0.25) is 10.4 Å². The number of rotatable bonds is 31. The number of hydrogen-bond donors (Lipinski definition) is 0. The van der Waals surface area contributed by atoms with Crippen LogP contribution in [0.1, 0.15) is 194 Å². The molecule has 0 amide bonds. The zero-order valence-electron chi connectivity index (χ0n) is 32.6. The van der Waals surface area contributed by atoms with Gasteiger partial charge >= 0.3 is 0 Å². The average Bonchev–Trinajstić information content (AvgIpc) is 2.96. The molecule has 282 valence electrons. The smallest absolute Gasteiger partial charge is 0.208 e. The molecule has 0 saturated carbocycles. The van der Waals surface area contributed by atoms with Gasteiger partial charge < -0.3 is 23.1 Å². The van der Waals surface area contributed by atoms with Crippen molar-refractivity contribution in [3.05, 3.63) is 0 Å².